The number of benzene rings is 2. The molecule has 30 heavy (non-hydrogen) atoms. The molecule has 1 aliphatic heterocycles. The summed E-state index contributed by atoms with van der Waals surface area (Å²) in [5, 5.41) is 7.24. The Morgan fingerprint density at radius 2 is 1.73 bits per heavy atom. The van der Waals surface area contributed by atoms with Crippen molar-refractivity contribution >= 4 is 28.5 Å². The van der Waals surface area contributed by atoms with E-state index in [1.807, 2.05) is 24.3 Å². The molecule has 2 heterocycles. The smallest absolute Gasteiger partial charge is 0.163 e. The Labute approximate surface area is 180 Å². The quantitative estimate of drug-likeness (QED) is 0.546. The summed E-state index contributed by atoms with van der Waals surface area (Å²) in [4.78, 5) is 15.9. The summed E-state index contributed by atoms with van der Waals surface area (Å²) in [5.41, 5.74) is 5.12. The summed E-state index contributed by atoms with van der Waals surface area (Å²) in [6.07, 6.45) is 1.33. The standard InChI is InChI=1S/C25H24N2O2S/c1-15-7-12-23(30-15)25-24-21(26-19-5-3-4-6-20(19)27-25)13-17(14-22(24)28)16-8-10-18(29-2)11-9-16/h3-12,17,25-27H,13-14H2,1-2H3/t17-,25-/m1/s1. The topological polar surface area (TPSA) is 50.4 Å². The van der Waals surface area contributed by atoms with Gasteiger partial charge in [0.2, 0.25) is 0 Å². The minimum absolute atomic E-state index is 0.126. The predicted molar refractivity (Wildman–Crippen MR) is 122 cm³/mol. The van der Waals surface area contributed by atoms with Gasteiger partial charge in [0.25, 0.3) is 0 Å². The number of Topliss-reactive ketones (excluding diaryl/α,β-unsaturated/α-hetero) is 1. The second-order valence-electron chi connectivity index (χ2n) is 7.89. The van der Waals surface area contributed by atoms with Crippen LogP contribution in [0.3, 0.4) is 0 Å². The Hall–Kier alpha value is -3.05. The molecule has 2 atom stereocenters. The van der Waals surface area contributed by atoms with Crippen molar-refractivity contribution in [1.82, 2.24) is 0 Å². The van der Waals surface area contributed by atoms with Gasteiger partial charge in [0, 0.05) is 27.4 Å². The van der Waals surface area contributed by atoms with E-state index >= 15 is 0 Å². The molecule has 4 nitrogen and oxygen atoms in total. The maximum absolute atomic E-state index is 13.5. The van der Waals surface area contributed by atoms with Gasteiger partial charge < -0.3 is 15.4 Å². The highest BCUT2D eigenvalue weighted by Crippen LogP contribution is 2.45. The zero-order valence-electron chi connectivity index (χ0n) is 17.1. The van der Waals surface area contributed by atoms with E-state index in [4.69, 9.17) is 4.74 Å². The van der Waals surface area contributed by atoms with E-state index in [1.54, 1.807) is 18.4 Å². The van der Waals surface area contributed by atoms with Crippen molar-refractivity contribution in [2.45, 2.75) is 31.7 Å². The van der Waals surface area contributed by atoms with Crippen LogP contribution in [-0.2, 0) is 4.79 Å². The molecule has 3 aromatic rings. The summed E-state index contributed by atoms with van der Waals surface area (Å²) in [5.74, 6) is 1.20. The van der Waals surface area contributed by atoms with Crippen LogP contribution in [0.15, 0.2) is 71.9 Å². The molecular formula is C25H24N2O2S. The lowest BCUT2D eigenvalue weighted by atomic mass is 9.79. The van der Waals surface area contributed by atoms with E-state index < -0.39 is 0 Å². The number of fused-ring (bicyclic) bond motifs is 1. The molecule has 1 aliphatic carbocycles. The average Bonchev–Trinajstić information content (AvgIpc) is 3.11. The van der Waals surface area contributed by atoms with Crippen LogP contribution in [0, 0.1) is 6.92 Å². The lowest BCUT2D eigenvalue weighted by Gasteiger charge is -2.29. The molecular weight excluding hydrogens is 392 g/mol. The minimum Gasteiger partial charge on any atom is -0.497 e. The number of rotatable bonds is 3. The number of allylic oxidation sites excluding steroid dienone is 1. The Kier molecular flexibility index (Phi) is 4.83. The first-order valence-electron chi connectivity index (χ1n) is 10.2. The van der Waals surface area contributed by atoms with Gasteiger partial charge in [-0.1, -0.05) is 24.3 Å². The minimum atomic E-state index is -0.126. The molecule has 0 amide bonds. The largest absolute Gasteiger partial charge is 0.497 e. The van der Waals surface area contributed by atoms with Crippen molar-refractivity contribution < 1.29 is 9.53 Å². The van der Waals surface area contributed by atoms with Crippen LogP contribution in [0.5, 0.6) is 5.75 Å². The van der Waals surface area contributed by atoms with Gasteiger partial charge in [-0.05, 0) is 61.2 Å². The lowest BCUT2D eigenvalue weighted by Crippen LogP contribution is -2.26. The van der Waals surface area contributed by atoms with Crippen molar-refractivity contribution in [3.05, 3.63) is 87.3 Å². The summed E-state index contributed by atoms with van der Waals surface area (Å²) < 4.78 is 5.29. The third-order valence-electron chi connectivity index (χ3n) is 5.94. The molecule has 2 N–H and O–H groups in total. The number of thiophene rings is 1. The van der Waals surface area contributed by atoms with Crippen LogP contribution in [0.25, 0.3) is 0 Å². The molecule has 5 rings (SSSR count). The van der Waals surface area contributed by atoms with Crippen molar-refractivity contribution in [3.8, 4) is 5.75 Å². The highest BCUT2D eigenvalue weighted by molar-refractivity contribution is 7.12. The fraction of sp³-hybridized carbons (Fsp3) is 0.240. The van der Waals surface area contributed by atoms with Crippen molar-refractivity contribution in [1.29, 1.82) is 0 Å². The number of carbonyl (C=O) groups excluding carboxylic acids is 1. The van der Waals surface area contributed by atoms with E-state index in [-0.39, 0.29) is 17.7 Å². The molecule has 2 aliphatic rings. The first-order chi connectivity index (χ1) is 14.6. The van der Waals surface area contributed by atoms with Gasteiger partial charge in [-0.15, -0.1) is 11.3 Å². The maximum atomic E-state index is 13.5. The second kappa shape index (κ2) is 7.65. The molecule has 2 aromatic carbocycles. The molecule has 5 heteroatoms. The third-order valence-corrected chi connectivity index (χ3v) is 7.01. The van der Waals surface area contributed by atoms with Crippen LogP contribution in [0.2, 0.25) is 0 Å². The summed E-state index contributed by atoms with van der Waals surface area (Å²) >= 11 is 1.75. The van der Waals surface area contributed by atoms with Gasteiger partial charge in [-0.3, -0.25) is 4.79 Å². The fourth-order valence-electron chi connectivity index (χ4n) is 4.43. The number of aryl methyl sites for hydroxylation is 1. The van der Waals surface area contributed by atoms with Gasteiger partial charge >= 0.3 is 0 Å². The normalized spacial score (nSPS) is 20.5. The molecule has 0 fully saturated rings. The van der Waals surface area contributed by atoms with Crippen molar-refractivity contribution in [2.24, 2.45) is 0 Å². The van der Waals surface area contributed by atoms with E-state index in [0.717, 1.165) is 34.8 Å². The maximum Gasteiger partial charge on any atom is 0.163 e. The molecule has 0 saturated heterocycles. The Bertz CT molecular complexity index is 1130. The zero-order valence-corrected chi connectivity index (χ0v) is 17.9. The lowest BCUT2D eigenvalue weighted by molar-refractivity contribution is -0.116. The van der Waals surface area contributed by atoms with Crippen LogP contribution < -0.4 is 15.4 Å². The Morgan fingerprint density at radius 3 is 2.43 bits per heavy atom. The van der Waals surface area contributed by atoms with Crippen LogP contribution in [0.4, 0.5) is 11.4 Å². The average molecular weight is 417 g/mol. The van der Waals surface area contributed by atoms with E-state index in [2.05, 4.69) is 54.0 Å². The molecule has 1 aromatic heterocycles. The number of para-hydroxylation sites is 2. The number of methoxy groups -OCH3 is 1. The van der Waals surface area contributed by atoms with Crippen molar-refractivity contribution in [2.75, 3.05) is 17.7 Å². The van der Waals surface area contributed by atoms with E-state index in [1.165, 1.54) is 15.3 Å². The number of ketones is 1. The van der Waals surface area contributed by atoms with Gasteiger partial charge in [0.05, 0.1) is 24.5 Å². The van der Waals surface area contributed by atoms with Crippen LogP contribution >= 0.6 is 11.3 Å². The summed E-state index contributed by atoms with van der Waals surface area (Å²) in [6.45, 7) is 2.11. The van der Waals surface area contributed by atoms with Gasteiger partial charge in [0.1, 0.15) is 5.75 Å². The number of ether oxygens (including phenoxy) is 1. The monoisotopic (exact) mass is 416 g/mol. The molecule has 0 spiro atoms. The van der Waals surface area contributed by atoms with Gasteiger partial charge in [-0.2, -0.15) is 0 Å². The SMILES string of the molecule is COc1ccc([C@H]2CC(=O)C3=C(C2)Nc2ccccc2N[C@@H]3c2ccc(C)s2)cc1. The Balaban J connectivity index is 1.57. The van der Waals surface area contributed by atoms with E-state index in [0.29, 0.717) is 6.42 Å². The number of hydrogen-bond acceptors (Lipinski definition) is 5. The molecule has 0 bridgehead atoms. The second-order valence-corrected chi connectivity index (χ2v) is 9.21. The summed E-state index contributed by atoms with van der Waals surface area (Å²) in [7, 11) is 1.67. The highest BCUT2D eigenvalue weighted by Gasteiger charge is 2.36. The third kappa shape index (κ3) is 3.39. The van der Waals surface area contributed by atoms with E-state index in [9.17, 15) is 4.79 Å². The number of nitrogens with one attached hydrogen (secondary N) is 2. The predicted octanol–water partition coefficient (Wildman–Crippen LogP) is 6.04. The van der Waals surface area contributed by atoms with Crippen LogP contribution in [0.1, 0.15) is 40.1 Å². The number of anilines is 2. The van der Waals surface area contributed by atoms with Crippen LogP contribution in [-0.4, -0.2) is 12.9 Å². The number of hydrogen-bond donors (Lipinski definition) is 2. The fourth-order valence-corrected chi connectivity index (χ4v) is 5.36. The summed E-state index contributed by atoms with van der Waals surface area (Å²) in [6, 6.07) is 20.4. The van der Waals surface area contributed by atoms with Gasteiger partial charge in [0.15, 0.2) is 5.78 Å². The first kappa shape index (κ1) is 18.9. The zero-order chi connectivity index (χ0) is 20.7. The molecule has 0 radical (unpaired) electrons. The Morgan fingerprint density at radius 1 is 0.967 bits per heavy atom. The molecule has 0 saturated carbocycles. The molecule has 0 unspecified atom stereocenters. The highest BCUT2D eigenvalue weighted by atomic mass is 32.1. The number of carbonyl (C=O) groups is 1. The first-order valence-corrected chi connectivity index (χ1v) is 11.0. The molecule has 152 valence electrons. The van der Waals surface area contributed by atoms with Gasteiger partial charge in [-0.25, -0.2) is 0 Å². The van der Waals surface area contributed by atoms with Crippen molar-refractivity contribution in [3.63, 3.8) is 0 Å².